The monoisotopic (exact) mass is 304 g/mol. The van der Waals surface area contributed by atoms with Crippen molar-refractivity contribution in [1.29, 1.82) is 0 Å². The van der Waals surface area contributed by atoms with Crippen LogP contribution in [-0.2, 0) is 4.79 Å². The van der Waals surface area contributed by atoms with Crippen LogP contribution in [-0.4, -0.2) is 37.0 Å². The second kappa shape index (κ2) is 5.81. The Kier molecular flexibility index (Phi) is 3.96. The molecule has 4 bridgehead atoms. The van der Waals surface area contributed by atoms with Gasteiger partial charge in [0.25, 0.3) is 0 Å². The average molecular weight is 304 g/mol. The summed E-state index contributed by atoms with van der Waals surface area (Å²) in [5, 5.41) is 3.32. The lowest BCUT2D eigenvalue weighted by Crippen LogP contribution is -2.52. The molecule has 5 rings (SSSR count). The van der Waals surface area contributed by atoms with Gasteiger partial charge in [-0.1, -0.05) is 6.92 Å². The number of likely N-dealkylation sites (tertiary alicyclic amines) is 1. The number of piperidine rings is 1. The molecule has 1 aliphatic heterocycles. The van der Waals surface area contributed by atoms with E-state index >= 15 is 0 Å². The molecule has 3 nitrogen and oxygen atoms in total. The molecule has 1 amide bonds. The van der Waals surface area contributed by atoms with Crippen molar-refractivity contribution in [2.24, 2.45) is 29.1 Å². The lowest BCUT2D eigenvalue weighted by Gasteiger charge is -2.57. The highest BCUT2D eigenvalue weighted by Gasteiger charge is 2.50. The Morgan fingerprint density at radius 3 is 2.36 bits per heavy atom. The summed E-state index contributed by atoms with van der Waals surface area (Å²) in [5.74, 6) is 3.96. The first-order chi connectivity index (χ1) is 10.6. The first kappa shape index (κ1) is 15.0. The van der Waals surface area contributed by atoms with E-state index in [4.69, 9.17) is 0 Å². The summed E-state index contributed by atoms with van der Waals surface area (Å²) < 4.78 is 0. The van der Waals surface area contributed by atoms with Crippen LogP contribution in [0.25, 0.3) is 0 Å². The fraction of sp³-hybridized carbons (Fsp3) is 0.947. The Labute approximate surface area is 135 Å². The van der Waals surface area contributed by atoms with Crippen molar-refractivity contribution in [2.45, 2.75) is 58.3 Å². The van der Waals surface area contributed by atoms with Gasteiger partial charge in [0.1, 0.15) is 0 Å². The van der Waals surface area contributed by atoms with E-state index in [-0.39, 0.29) is 5.91 Å². The highest BCUT2D eigenvalue weighted by atomic mass is 16.2. The third-order valence-electron chi connectivity index (χ3n) is 6.93. The van der Waals surface area contributed by atoms with Gasteiger partial charge in [0, 0.05) is 13.1 Å². The zero-order valence-electron chi connectivity index (χ0n) is 14.2. The summed E-state index contributed by atoms with van der Waals surface area (Å²) in [5.41, 5.74) is 0.472. The third-order valence-corrected chi connectivity index (χ3v) is 6.93. The van der Waals surface area contributed by atoms with Crippen molar-refractivity contribution in [2.75, 3.05) is 26.2 Å². The number of nitrogens with one attached hydrogen (secondary N) is 1. The van der Waals surface area contributed by atoms with Crippen molar-refractivity contribution >= 4 is 5.91 Å². The Bertz CT molecular complexity index is 398. The predicted molar refractivity (Wildman–Crippen MR) is 88.5 cm³/mol. The second-order valence-electron chi connectivity index (χ2n) is 9.18. The maximum Gasteiger partial charge on any atom is 0.234 e. The number of hydrogen-bond donors (Lipinski definition) is 1. The SMILES string of the molecule is CC1CCCN(CC(=O)NCC23CC4CC(CC(C4)C2)C3)C1. The van der Waals surface area contributed by atoms with Gasteiger partial charge >= 0.3 is 0 Å². The molecular formula is C19H32N2O. The molecule has 22 heavy (non-hydrogen) atoms. The maximum atomic E-state index is 12.4. The van der Waals surface area contributed by atoms with E-state index in [0.717, 1.165) is 43.3 Å². The summed E-state index contributed by atoms with van der Waals surface area (Å²) in [6.45, 7) is 6.09. The van der Waals surface area contributed by atoms with Crippen LogP contribution >= 0.6 is 0 Å². The zero-order chi connectivity index (χ0) is 15.2. The average Bonchev–Trinajstić information content (AvgIpc) is 2.44. The van der Waals surface area contributed by atoms with E-state index in [1.165, 1.54) is 51.4 Å². The van der Waals surface area contributed by atoms with Gasteiger partial charge in [-0.2, -0.15) is 0 Å². The second-order valence-corrected chi connectivity index (χ2v) is 9.18. The molecule has 5 fully saturated rings. The number of carbonyl (C=O) groups is 1. The lowest BCUT2D eigenvalue weighted by atomic mass is 9.49. The molecule has 0 aromatic carbocycles. The van der Waals surface area contributed by atoms with E-state index < -0.39 is 0 Å². The zero-order valence-corrected chi connectivity index (χ0v) is 14.2. The first-order valence-electron chi connectivity index (χ1n) is 9.59. The summed E-state index contributed by atoms with van der Waals surface area (Å²) in [6.07, 6.45) is 11.2. The molecule has 0 aromatic heterocycles. The van der Waals surface area contributed by atoms with Crippen molar-refractivity contribution in [3.63, 3.8) is 0 Å². The van der Waals surface area contributed by atoms with Crippen LogP contribution in [0.3, 0.4) is 0 Å². The molecule has 5 aliphatic rings. The summed E-state index contributed by atoms with van der Waals surface area (Å²) in [6, 6.07) is 0. The minimum atomic E-state index is 0.268. The molecule has 1 atom stereocenters. The molecule has 3 heteroatoms. The number of amides is 1. The van der Waals surface area contributed by atoms with Gasteiger partial charge in [0.2, 0.25) is 5.91 Å². The van der Waals surface area contributed by atoms with E-state index in [0.29, 0.717) is 12.0 Å². The molecule has 0 aromatic rings. The van der Waals surface area contributed by atoms with Crippen molar-refractivity contribution in [1.82, 2.24) is 10.2 Å². The molecule has 1 saturated heterocycles. The fourth-order valence-corrected chi connectivity index (χ4v) is 6.48. The first-order valence-corrected chi connectivity index (χ1v) is 9.59. The van der Waals surface area contributed by atoms with E-state index in [2.05, 4.69) is 17.1 Å². The lowest BCUT2D eigenvalue weighted by molar-refractivity contribution is -0.124. The Morgan fingerprint density at radius 1 is 1.14 bits per heavy atom. The maximum absolute atomic E-state index is 12.4. The molecule has 124 valence electrons. The molecular weight excluding hydrogens is 272 g/mol. The topological polar surface area (TPSA) is 32.3 Å². The van der Waals surface area contributed by atoms with Gasteiger partial charge < -0.3 is 5.32 Å². The number of carbonyl (C=O) groups excluding carboxylic acids is 1. The Hall–Kier alpha value is -0.570. The summed E-state index contributed by atoms with van der Waals surface area (Å²) >= 11 is 0. The summed E-state index contributed by atoms with van der Waals surface area (Å²) in [7, 11) is 0. The number of hydrogen-bond acceptors (Lipinski definition) is 2. The van der Waals surface area contributed by atoms with Crippen LogP contribution in [0.5, 0.6) is 0 Å². The molecule has 0 spiro atoms. The van der Waals surface area contributed by atoms with Crippen LogP contribution < -0.4 is 5.32 Å². The van der Waals surface area contributed by atoms with Gasteiger partial charge in [-0.05, 0) is 87.0 Å². The van der Waals surface area contributed by atoms with Crippen LogP contribution in [0.15, 0.2) is 0 Å². The molecule has 1 N–H and O–H groups in total. The van der Waals surface area contributed by atoms with E-state index in [1.54, 1.807) is 0 Å². The van der Waals surface area contributed by atoms with Crippen LogP contribution in [0.4, 0.5) is 0 Å². The van der Waals surface area contributed by atoms with Gasteiger partial charge in [0.15, 0.2) is 0 Å². The van der Waals surface area contributed by atoms with Crippen molar-refractivity contribution in [3.05, 3.63) is 0 Å². The minimum Gasteiger partial charge on any atom is -0.354 e. The normalized spacial score (nSPS) is 44.2. The summed E-state index contributed by atoms with van der Waals surface area (Å²) in [4.78, 5) is 14.7. The van der Waals surface area contributed by atoms with E-state index in [9.17, 15) is 4.79 Å². The standard InChI is InChI=1S/C19H32N2O/c1-14-3-2-4-21(11-14)12-18(22)20-13-19-8-15-5-16(9-19)7-17(6-15)10-19/h14-17H,2-13H2,1H3,(H,20,22). The highest BCUT2D eigenvalue weighted by Crippen LogP contribution is 2.59. The van der Waals surface area contributed by atoms with Gasteiger partial charge in [-0.25, -0.2) is 0 Å². The van der Waals surface area contributed by atoms with Crippen LogP contribution in [0, 0.1) is 29.1 Å². The fourth-order valence-electron chi connectivity index (χ4n) is 6.48. The van der Waals surface area contributed by atoms with Gasteiger partial charge in [-0.15, -0.1) is 0 Å². The number of nitrogens with zero attached hydrogens (tertiary/aromatic N) is 1. The Balaban J connectivity index is 1.28. The smallest absolute Gasteiger partial charge is 0.234 e. The molecule has 4 aliphatic carbocycles. The van der Waals surface area contributed by atoms with Crippen LogP contribution in [0.1, 0.15) is 58.3 Å². The molecule has 1 heterocycles. The van der Waals surface area contributed by atoms with Crippen LogP contribution in [0.2, 0.25) is 0 Å². The van der Waals surface area contributed by atoms with Crippen molar-refractivity contribution in [3.8, 4) is 0 Å². The third kappa shape index (κ3) is 3.06. The molecule has 0 radical (unpaired) electrons. The van der Waals surface area contributed by atoms with Crippen molar-refractivity contribution < 1.29 is 4.79 Å². The molecule has 1 unspecified atom stereocenters. The van der Waals surface area contributed by atoms with E-state index in [1.807, 2.05) is 0 Å². The quantitative estimate of drug-likeness (QED) is 0.866. The largest absolute Gasteiger partial charge is 0.354 e. The predicted octanol–water partition coefficient (Wildman–Crippen LogP) is 3.05. The minimum absolute atomic E-state index is 0.268. The number of rotatable bonds is 4. The highest BCUT2D eigenvalue weighted by molar-refractivity contribution is 5.78. The van der Waals surface area contributed by atoms with Gasteiger partial charge in [0.05, 0.1) is 6.54 Å². The Morgan fingerprint density at radius 2 is 1.77 bits per heavy atom. The molecule has 4 saturated carbocycles. The van der Waals surface area contributed by atoms with Gasteiger partial charge in [-0.3, -0.25) is 9.69 Å².